The number of allylic oxidation sites excluding steroid dienone is 1. The Balaban J connectivity index is 4.26. The van der Waals surface area contributed by atoms with Crippen LogP contribution >= 0.6 is 0 Å². The van der Waals surface area contributed by atoms with E-state index < -0.39 is 11.7 Å². The van der Waals surface area contributed by atoms with Gasteiger partial charge in [0.1, 0.15) is 5.76 Å². The molecule has 0 amide bonds. The van der Waals surface area contributed by atoms with Crippen molar-refractivity contribution in [2.75, 3.05) is 6.61 Å². The Kier molecular flexibility index (Phi) is 8.11. The lowest BCUT2D eigenvalue weighted by Gasteiger charge is -2.03. The van der Waals surface area contributed by atoms with Crippen LogP contribution in [0.1, 0.15) is 46.0 Å². The van der Waals surface area contributed by atoms with Crippen LogP contribution in [0, 0.1) is 4.91 Å². The van der Waals surface area contributed by atoms with Crippen LogP contribution in [0.3, 0.4) is 0 Å². The second-order valence-electron chi connectivity index (χ2n) is 3.42. The average molecular weight is 229 g/mol. The van der Waals surface area contributed by atoms with E-state index >= 15 is 0 Å². The van der Waals surface area contributed by atoms with Crippen LogP contribution in [-0.2, 0) is 9.53 Å². The van der Waals surface area contributed by atoms with Crippen LogP contribution in [0.2, 0.25) is 0 Å². The molecule has 0 saturated carbocycles. The smallest absolute Gasteiger partial charge is 0.364 e. The van der Waals surface area contributed by atoms with Crippen molar-refractivity contribution in [1.29, 1.82) is 0 Å². The van der Waals surface area contributed by atoms with Crippen molar-refractivity contribution in [2.24, 2.45) is 5.18 Å². The maximum Gasteiger partial charge on any atom is 0.364 e. The van der Waals surface area contributed by atoms with Gasteiger partial charge in [0.25, 0.3) is 0 Å². The first-order chi connectivity index (χ1) is 7.67. The van der Waals surface area contributed by atoms with Gasteiger partial charge in [-0.25, -0.2) is 4.79 Å². The standard InChI is InChI=1S/C11H19NO4/c1-3-5-6-7-8-9(13)10(12-15)11(14)16-4-2/h13H,3-8H2,1-2H3/b10-9+. The highest BCUT2D eigenvalue weighted by Gasteiger charge is 2.17. The number of unbranched alkanes of at least 4 members (excludes halogenated alkanes) is 3. The van der Waals surface area contributed by atoms with Gasteiger partial charge in [-0.2, -0.15) is 0 Å². The molecule has 0 aliphatic rings. The average Bonchev–Trinajstić information content (AvgIpc) is 2.26. The van der Waals surface area contributed by atoms with Crippen molar-refractivity contribution in [2.45, 2.75) is 46.0 Å². The van der Waals surface area contributed by atoms with Gasteiger partial charge in [0.15, 0.2) is 0 Å². The molecule has 0 spiro atoms. The Morgan fingerprint density at radius 2 is 1.94 bits per heavy atom. The first kappa shape index (κ1) is 14.6. The lowest BCUT2D eigenvalue weighted by molar-refractivity contribution is -0.138. The number of carbonyl (C=O) groups is 1. The van der Waals surface area contributed by atoms with E-state index in [0.717, 1.165) is 25.7 Å². The van der Waals surface area contributed by atoms with Crippen LogP contribution in [0.5, 0.6) is 0 Å². The molecule has 0 aliphatic carbocycles. The van der Waals surface area contributed by atoms with Crippen molar-refractivity contribution in [3.8, 4) is 0 Å². The predicted molar refractivity (Wildman–Crippen MR) is 60.8 cm³/mol. The van der Waals surface area contributed by atoms with E-state index in [1.165, 1.54) is 0 Å². The number of nitrogens with zero attached hydrogens (tertiary/aromatic N) is 1. The normalized spacial score (nSPS) is 11.9. The highest BCUT2D eigenvalue weighted by Crippen LogP contribution is 2.14. The summed E-state index contributed by atoms with van der Waals surface area (Å²) >= 11 is 0. The molecule has 0 aromatic rings. The summed E-state index contributed by atoms with van der Waals surface area (Å²) in [7, 11) is 0. The molecule has 0 unspecified atom stereocenters. The molecular weight excluding hydrogens is 210 g/mol. The van der Waals surface area contributed by atoms with E-state index in [2.05, 4.69) is 16.8 Å². The van der Waals surface area contributed by atoms with Gasteiger partial charge in [0.2, 0.25) is 5.70 Å². The maximum absolute atomic E-state index is 11.2. The SMILES string of the molecule is CCCCCC/C(O)=C(\N=O)C(=O)OCC. The summed E-state index contributed by atoms with van der Waals surface area (Å²) in [6, 6.07) is 0. The zero-order valence-corrected chi connectivity index (χ0v) is 9.86. The third-order valence-electron chi connectivity index (χ3n) is 2.10. The summed E-state index contributed by atoms with van der Waals surface area (Å²) < 4.78 is 4.59. The summed E-state index contributed by atoms with van der Waals surface area (Å²) in [6.07, 6.45) is 4.13. The minimum Gasteiger partial charge on any atom is -0.510 e. The lowest BCUT2D eigenvalue weighted by Crippen LogP contribution is -2.08. The van der Waals surface area contributed by atoms with Gasteiger partial charge in [-0.1, -0.05) is 26.2 Å². The fraction of sp³-hybridized carbons (Fsp3) is 0.727. The molecule has 0 radical (unpaired) electrons. The Bertz CT molecular complexity index is 261. The molecule has 0 fully saturated rings. The van der Waals surface area contributed by atoms with E-state index in [1.54, 1.807) is 6.92 Å². The predicted octanol–water partition coefficient (Wildman–Crippen LogP) is 3.06. The lowest BCUT2D eigenvalue weighted by atomic mass is 10.1. The first-order valence-electron chi connectivity index (χ1n) is 5.59. The maximum atomic E-state index is 11.2. The molecule has 16 heavy (non-hydrogen) atoms. The van der Waals surface area contributed by atoms with Crippen molar-refractivity contribution in [3.05, 3.63) is 16.4 Å². The number of rotatable bonds is 8. The zero-order chi connectivity index (χ0) is 12.4. The van der Waals surface area contributed by atoms with E-state index in [1.807, 2.05) is 0 Å². The molecular formula is C11H19NO4. The number of aliphatic hydroxyl groups excluding tert-OH is 1. The molecule has 5 heteroatoms. The van der Waals surface area contributed by atoms with Crippen LogP contribution in [0.4, 0.5) is 0 Å². The van der Waals surface area contributed by atoms with Crippen LogP contribution in [0.25, 0.3) is 0 Å². The van der Waals surface area contributed by atoms with Crippen molar-refractivity contribution in [1.82, 2.24) is 0 Å². The first-order valence-corrected chi connectivity index (χ1v) is 5.59. The Hall–Kier alpha value is -1.39. The summed E-state index contributed by atoms with van der Waals surface area (Å²) in [6.45, 7) is 3.85. The molecule has 0 aromatic carbocycles. The number of hydrogen-bond donors (Lipinski definition) is 1. The van der Waals surface area contributed by atoms with E-state index in [-0.39, 0.29) is 12.4 Å². The molecule has 0 heterocycles. The second kappa shape index (κ2) is 8.88. The molecule has 1 N–H and O–H groups in total. The zero-order valence-electron chi connectivity index (χ0n) is 9.86. The molecule has 0 rings (SSSR count). The number of ether oxygens (including phenoxy) is 1. The van der Waals surface area contributed by atoms with Gasteiger partial charge in [0, 0.05) is 6.42 Å². The van der Waals surface area contributed by atoms with Gasteiger partial charge < -0.3 is 9.84 Å². The van der Waals surface area contributed by atoms with Gasteiger partial charge in [-0.15, -0.1) is 4.91 Å². The van der Waals surface area contributed by atoms with Crippen LogP contribution < -0.4 is 0 Å². The number of carbonyl (C=O) groups excluding carboxylic acids is 1. The Labute approximate surface area is 95.5 Å². The van der Waals surface area contributed by atoms with Crippen LogP contribution in [0.15, 0.2) is 16.6 Å². The van der Waals surface area contributed by atoms with Gasteiger partial charge >= 0.3 is 5.97 Å². The number of aliphatic hydroxyl groups is 1. The third-order valence-corrected chi connectivity index (χ3v) is 2.10. The third kappa shape index (κ3) is 5.48. The van der Waals surface area contributed by atoms with E-state index in [4.69, 9.17) is 0 Å². The minimum absolute atomic E-state index is 0.154. The Morgan fingerprint density at radius 1 is 1.25 bits per heavy atom. The van der Waals surface area contributed by atoms with Gasteiger partial charge in [-0.3, -0.25) is 0 Å². The van der Waals surface area contributed by atoms with E-state index in [9.17, 15) is 14.8 Å². The monoisotopic (exact) mass is 229 g/mol. The quantitative estimate of drug-likeness (QED) is 0.228. The highest BCUT2D eigenvalue weighted by atomic mass is 16.5. The number of esters is 1. The van der Waals surface area contributed by atoms with Gasteiger partial charge in [-0.05, 0) is 18.5 Å². The molecule has 5 nitrogen and oxygen atoms in total. The minimum atomic E-state index is -0.856. The molecule has 0 aliphatic heterocycles. The molecule has 0 atom stereocenters. The fourth-order valence-corrected chi connectivity index (χ4v) is 1.24. The summed E-state index contributed by atoms with van der Waals surface area (Å²) in [5.41, 5.74) is -0.502. The molecule has 0 aromatic heterocycles. The summed E-state index contributed by atoms with van der Waals surface area (Å²) in [4.78, 5) is 21.6. The molecule has 0 saturated heterocycles. The topological polar surface area (TPSA) is 76.0 Å². The molecule has 92 valence electrons. The summed E-state index contributed by atoms with van der Waals surface area (Å²) in [5.74, 6) is -1.13. The van der Waals surface area contributed by atoms with Crippen molar-refractivity contribution >= 4 is 5.97 Å². The fourth-order valence-electron chi connectivity index (χ4n) is 1.24. The number of nitroso groups, excluding NO2 is 1. The van der Waals surface area contributed by atoms with Crippen LogP contribution in [-0.4, -0.2) is 17.7 Å². The number of hydrogen-bond acceptors (Lipinski definition) is 5. The van der Waals surface area contributed by atoms with E-state index in [0.29, 0.717) is 6.42 Å². The Morgan fingerprint density at radius 3 is 2.44 bits per heavy atom. The van der Waals surface area contributed by atoms with Gasteiger partial charge in [0.05, 0.1) is 6.61 Å². The van der Waals surface area contributed by atoms with Crippen molar-refractivity contribution in [3.63, 3.8) is 0 Å². The summed E-state index contributed by atoms with van der Waals surface area (Å²) in [5, 5.41) is 12.0. The largest absolute Gasteiger partial charge is 0.510 e. The van der Waals surface area contributed by atoms with Crippen molar-refractivity contribution < 1.29 is 14.6 Å². The molecule has 0 bridgehead atoms. The second-order valence-corrected chi connectivity index (χ2v) is 3.42. The highest BCUT2D eigenvalue weighted by molar-refractivity contribution is 5.88.